The van der Waals surface area contributed by atoms with Crippen LogP contribution in [0.15, 0.2) is 53.5 Å². The van der Waals surface area contributed by atoms with Gasteiger partial charge in [-0.05, 0) is 37.6 Å². The van der Waals surface area contributed by atoms with Gasteiger partial charge in [0.2, 0.25) is 11.5 Å². The molecule has 3 heterocycles. The van der Waals surface area contributed by atoms with E-state index >= 15 is 0 Å². The lowest BCUT2D eigenvalue weighted by Crippen LogP contribution is -2.41. The predicted octanol–water partition coefficient (Wildman–Crippen LogP) is 2.43. The van der Waals surface area contributed by atoms with Crippen LogP contribution in [0.3, 0.4) is 0 Å². The molecule has 3 aromatic rings. The van der Waals surface area contributed by atoms with Crippen molar-refractivity contribution in [2.75, 3.05) is 36.5 Å². The lowest BCUT2D eigenvalue weighted by molar-refractivity contribution is -0.337. The van der Waals surface area contributed by atoms with Gasteiger partial charge in [0, 0.05) is 11.3 Å². The molecule has 2 N–H and O–H groups in total. The topological polar surface area (TPSA) is 60.1 Å². The van der Waals surface area contributed by atoms with Gasteiger partial charge in [-0.25, -0.2) is 4.98 Å². The lowest BCUT2D eigenvalue weighted by atomic mass is 10.1. The first-order chi connectivity index (χ1) is 13.1. The fourth-order valence-electron chi connectivity index (χ4n) is 3.58. The summed E-state index contributed by atoms with van der Waals surface area (Å²) < 4.78 is 7.14. The van der Waals surface area contributed by atoms with Crippen LogP contribution in [0.4, 0.5) is 11.5 Å². The highest BCUT2D eigenvalue weighted by atomic mass is 16.5. The molecule has 0 bridgehead atoms. The standard InChI is InChI=1S/C21H24N4O2/c1-15-12-18(16(2)22-17-6-4-3-5-7-17)21-23-19(13-20(26)25(21)14-15)24-8-10-27-11-9-24/h3-7,12-14,16,22H,8-11H2,1-2H3/p+1. The third kappa shape index (κ3) is 3.66. The number of rotatable bonds is 4. The fourth-order valence-corrected chi connectivity index (χ4v) is 3.58. The number of hydrogen-bond donors (Lipinski definition) is 1. The normalized spacial score (nSPS) is 15.7. The molecule has 6 nitrogen and oxygen atoms in total. The molecule has 1 aliphatic heterocycles. The minimum Gasteiger partial charge on any atom is -0.378 e. The Bertz CT molecular complexity index is 994. The molecule has 1 atom stereocenters. The van der Waals surface area contributed by atoms with Gasteiger partial charge >= 0.3 is 5.56 Å². The molecule has 1 unspecified atom stereocenters. The highest BCUT2D eigenvalue weighted by Crippen LogP contribution is 2.22. The summed E-state index contributed by atoms with van der Waals surface area (Å²) >= 11 is 0. The van der Waals surface area contributed by atoms with Gasteiger partial charge in [-0.1, -0.05) is 18.2 Å². The van der Waals surface area contributed by atoms with Gasteiger partial charge < -0.3 is 10.1 Å². The van der Waals surface area contributed by atoms with Gasteiger partial charge in [0.15, 0.2) is 0 Å². The lowest BCUT2D eigenvalue weighted by Gasteiger charge is -2.24. The quantitative estimate of drug-likeness (QED) is 0.771. The molecule has 1 aromatic carbocycles. The number of benzene rings is 1. The molecular weight excluding hydrogens is 340 g/mol. The van der Waals surface area contributed by atoms with E-state index in [4.69, 9.17) is 4.74 Å². The van der Waals surface area contributed by atoms with Crippen molar-refractivity contribution >= 4 is 17.2 Å². The largest absolute Gasteiger partial charge is 0.378 e. The van der Waals surface area contributed by atoms with E-state index in [1.165, 1.54) is 0 Å². The van der Waals surface area contributed by atoms with Gasteiger partial charge in [0.05, 0.1) is 44.6 Å². The monoisotopic (exact) mass is 365 g/mol. The maximum Gasteiger partial charge on any atom is 0.317 e. The summed E-state index contributed by atoms with van der Waals surface area (Å²) in [6.07, 6.45) is 1.88. The van der Waals surface area contributed by atoms with Gasteiger partial charge in [-0.3, -0.25) is 9.69 Å². The van der Waals surface area contributed by atoms with E-state index < -0.39 is 0 Å². The van der Waals surface area contributed by atoms with Crippen LogP contribution >= 0.6 is 0 Å². The zero-order valence-corrected chi connectivity index (χ0v) is 15.7. The van der Waals surface area contributed by atoms with E-state index in [9.17, 15) is 4.79 Å². The average Bonchev–Trinajstić information content (AvgIpc) is 2.69. The minimum absolute atomic E-state index is 0.0258. The Morgan fingerprint density at radius 1 is 1.15 bits per heavy atom. The number of nitrogens with one attached hydrogen (secondary N) is 2. The zero-order chi connectivity index (χ0) is 18.8. The van der Waals surface area contributed by atoms with E-state index in [0.717, 1.165) is 41.4 Å². The Balaban J connectivity index is 1.78. The second-order valence-corrected chi connectivity index (χ2v) is 7.02. The van der Waals surface area contributed by atoms with Crippen molar-refractivity contribution in [2.45, 2.75) is 19.9 Å². The van der Waals surface area contributed by atoms with Crippen LogP contribution in [0, 0.1) is 6.92 Å². The molecule has 0 aliphatic carbocycles. The second kappa shape index (κ2) is 7.40. The first-order valence-electron chi connectivity index (χ1n) is 9.35. The summed E-state index contributed by atoms with van der Waals surface area (Å²) in [6.45, 7) is 7.05. The first-order valence-corrected chi connectivity index (χ1v) is 9.35. The molecule has 2 aromatic heterocycles. The molecule has 0 amide bonds. The van der Waals surface area contributed by atoms with E-state index in [1.807, 2.05) is 43.5 Å². The highest BCUT2D eigenvalue weighted by Gasteiger charge is 2.22. The van der Waals surface area contributed by atoms with Crippen LogP contribution in [-0.4, -0.2) is 30.7 Å². The number of nitrogens with zero attached hydrogens (tertiary/aromatic N) is 2. The number of fused-ring (bicyclic) bond motifs is 1. The van der Waals surface area contributed by atoms with Gasteiger partial charge in [-0.2, -0.15) is 4.40 Å². The molecule has 0 spiro atoms. The number of hydrogen-bond acceptors (Lipinski definition) is 4. The number of para-hydroxylation sites is 1. The van der Waals surface area contributed by atoms with Crippen molar-refractivity contribution in [3.8, 4) is 0 Å². The highest BCUT2D eigenvalue weighted by molar-refractivity contribution is 5.53. The van der Waals surface area contributed by atoms with Crippen molar-refractivity contribution in [1.29, 1.82) is 0 Å². The third-order valence-electron chi connectivity index (χ3n) is 4.95. The second-order valence-electron chi connectivity index (χ2n) is 7.02. The fraction of sp³-hybridized carbons (Fsp3) is 0.333. The van der Waals surface area contributed by atoms with Crippen LogP contribution in [0.25, 0.3) is 5.65 Å². The van der Waals surface area contributed by atoms with E-state index in [0.29, 0.717) is 13.2 Å². The van der Waals surface area contributed by atoms with Crippen LogP contribution in [0.1, 0.15) is 24.1 Å². The molecule has 1 aliphatic rings. The Kier molecular flexibility index (Phi) is 4.81. The van der Waals surface area contributed by atoms with Gasteiger partial charge in [-0.15, -0.1) is 0 Å². The number of aryl methyl sites for hydroxylation is 1. The Hall–Kier alpha value is -2.86. The smallest absolute Gasteiger partial charge is 0.317 e. The number of morpholine rings is 1. The van der Waals surface area contributed by atoms with Crippen molar-refractivity contribution in [2.24, 2.45) is 0 Å². The van der Waals surface area contributed by atoms with Gasteiger partial charge in [0.25, 0.3) is 0 Å². The summed E-state index contributed by atoms with van der Waals surface area (Å²) in [4.78, 5) is 18.5. The Morgan fingerprint density at radius 2 is 1.89 bits per heavy atom. The van der Waals surface area contributed by atoms with E-state index in [2.05, 4.69) is 28.2 Å². The molecule has 27 heavy (non-hydrogen) atoms. The molecule has 0 saturated carbocycles. The maximum absolute atomic E-state index is 12.8. The number of ether oxygens (including phenoxy) is 1. The van der Waals surface area contributed by atoms with Crippen LogP contribution in [0.5, 0.6) is 0 Å². The summed E-state index contributed by atoms with van der Waals surface area (Å²) in [7, 11) is 0. The molecule has 1 saturated heterocycles. The minimum atomic E-state index is -0.0258. The summed E-state index contributed by atoms with van der Waals surface area (Å²) in [5.74, 6) is 0.848. The Morgan fingerprint density at radius 3 is 2.63 bits per heavy atom. The van der Waals surface area contributed by atoms with Crippen molar-refractivity contribution in [3.05, 3.63) is 70.1 Å². The number of pyridine rings is 1. The Labute approximate surface area is 158 Å². The van der Waals surface area contributed by atoms with Gasteiger partial charge in [0.1, 0.15) is 0 Å². The number of aromatic amines is 1. The predicted molar refractivity (Wildman–Crippen MR) is 106 cm³/mol. The average molecular weight is 365 g/mol. The molecule has 1 fully saturated rings. The van der Waals surface area contributed by atoms with Crippen LogP contribution < -0.4 is 20.8 Å². The maximum atomic E-state index is 12.8. The van der Waals surface area contributed by atoms with Crippen molar-refractivity contribution in [1.82, 2.24) is 4.40 Å². The number of aromatic nitrogens is 2. The van der Waals surface area contributed by atoms with Crippen molar-refractivity contribution in [3.63, 3.8) is 0 Å². The molecule has 0 radical (unpaired) electrons. The first kappa shape index (κ1) is 17.5. The van der Waals surface area contributed by atoms with Crippen LogP contribution in [0.2, 0.25) is 0 Å². The zero-order valence-electron chi connectivity index (χ0n) is 15.7. The van der Waals surface area contributed by atoms with E-state index in [1.54, 1.807) is 10.5 Å². The van der Waals surface area contributed by atoms with Crippen molar-refractivity contribution < 1.29 is 9.72 Å². The number of H-pyrrole nitrogens is 1. The number of anilines is 2. The van der Waals surface area contributed by atoms with Crippen LogP contribution in [-0.2, 0) is 4.74 Å². The van der Waals surface area contributed by atoms with E-state index in [-0.39, 0.29) is 11.6 Å². The summed E-state index contributed by atoms with van der Waals surface area (Å²) in [6, 6.07) is 14.0. The molecule has 4 rings (SSSR count). The summed E-state index contributed by atoms with van der Waals surface area (Å²) in [5, 5.41) is 3.53. The molecular formula is C21H25N4O2+. The SMILES string of the molecule is Cc1cc(C(C)Nc2ccccc2)c2[nH+]c(N3CCOCC3)cc(=O)n2c1. The summed E-state index contributed by atoms with van der Waals surface area (Å²) in [5.41, 5.74) is 3.96. The molecule has 140 valence electrons. The molecule has 6 heteroatoms. The third-order valence-corrected chi connectivity index (χ3v) is 4.95.